The minimum Gasteiger partial charge on any atom is -0.103 e. The Kier molecular flexibility index (Phi) is 8.54. The van der Waals surface area contributed by atoms with Crippen LogP contribution in [0.3, 0.4) is 0 Å². The van der Waals surface area contributed by atoms with E-state index in [1.54, 1.807) is 0 Å². The molecule has 0 heterocycles. The van der Waals surface area contributed by atoms with E-state index in [2.05, 4.69) is 104 Å². The second-order valence-electron chi connectivity index (χ2n) is 6.56. The Balaban J connectivity index is 2.89. The van der Waals surface area contributed by atoms with Crippen LogP contribution in [0.25, 0.3) is 11.1 Å². The lowest BCUT2D eigenvalue weighted by atomic mass is 9.83. The Morgan fingerprint density at radius 2 is 1.44 bits per heavy atom. The zero-order chi connectivity index (χ0) is 19.6. The van der Waals surface area contributed by atoms with Crippen molar-refractivity contribution in [1.82, 2.24) is 0 Å². The van der Waals surface area contributed by atoms with Crippen LogP contribution >= 0.6 is 15.9 Å². The fourth-order valence-corrected chi connectivity index (χ4v) is 3.84. The number of allylic oxidation sites excluding steroid dienone is 6. The smallest absolute Gasteiger partial charge is 0.00469 e. The van der Waals surface area contributed by atoms with Gasteiger partial charge < -0.3 is 0 Å². The molecule has 0 aliphatic rings. The number of rotatable bonds is 9. The van der Waals surface area contributed by atoms with E-state index in [0.717, 1.165) is 30.2 Å². The van der Waals surface area contributed by atoms with Gasteiger partial charge in [-0.3, -0.25) is 0 Å². The maximum atomic E-state index is 4.13. The van der Waals surface area contributed by atoms with Gasteiger partial charge in [-0.05, 0) is 51.6 Å². The first-order valence-electron chi connectivity index (χ1n) is 9.61. The summed E-state index contributed by atoms with van der Waals surface area (Å²) < 4.78 is 0.993. The van der Waals surface area contributed by atoms with Crippen molar-refractivity contribution in [3.05, 3.63) is 107 Å². The maximum Gasteiger partial charge on any atom is 0.00469 e. The summed E-state index contributed by atoms with van der Waals surface area (Å²) in [5.74, 6) is 0. The third-order valence-electron chi connectivity index (χ3n) is 4.75. The summed E-state index contributed by atoms with van der Waals surface area (Å²) in [5.41, 5.74) is 8.05. The first kappa shape index (κ1) is 21.2. The van der Waals surface area contributed by atoms with E-state index < -0.39 is 0 Å². The molecule has 0 bridgehead atoms. The van der Waals surface area contributed by atoms with Gasteiger partial charge in [-0.25, -0.2) is 0 Å². The summed E-state index contributed by atoms with van der Waals surface area (Å²) >= 11 is 3.61. The van der Waals surface area contributed by atoms with Crippen LogP contribution in [0.1, 0.15) is 50.7 Å². The molecule has 0 radical (unpaired) electrons. The standard InChI is InChI=1S/C26H29Br/c1-5-14-21(6-2)24(7-3)26(23-17-12-9-13-18-23)25(19-20(4)27)22-15-10-8-11-16-22/h5,8-13,15-18H,1,4,6-7,14,19H2,2-3H3/b24-21+,26-25+. The number of benzene rings is 2. The lowest BCUT2D eigenvalue weighted by molar-refractivity contribution is 0.973. The lowest BCUT2D eigenvalue weighted by Crippen LogP contribution is -2.00. The molecule has 2 aromatic carbocycles. The molecular formula is C26H29Br. The Morgan fingerprint density at radius 3 is 1.89 bits per heavy atom. The van der Waals surface area contributed by atoms with E-state index in [1.165, 1.54) is 33.4 Å². The van der Waals surface area contributed by atoms with Crippen molar-refractivity contribution in [1.29, 1.82) is 0 Å². The van der Waals surface area contributed by atoms with E-state index >= 15 is 0 Å². The molecule has 0 unspecified atom stereocenters. The summed E-state index contributed by atoms with van der Waals surface area (Å²) in [6.07, 6.45) is 5.76. The van der Waals surface area contributed by atoms with Gasteiger partial charge in [0.25, 0.3) is 0 Å². The highest BCUT2D eigenvalue weighted by atomic mass is 79.9. The molecule has 27 heavy (non-hydrogen) atoms. The van der Waals surface area contributed by atoms with Crippen LogP contribution in [0.4, 0.5) is 0 Å². The third kappa shape index (κ3) is 5.68. The normalized spacial score (nSPS) is 12.9. The van der Waals surface area contributed by atoms with Crippen molar-refractivity contribution >= 4 is 27.1 Å². The molecule has 140 valence electrons. The van der Waals surface area contributed by atoms with Crippen LogP contribution in [0.15, 0.2) is 95.5 Å². The van der Waals surface area contributed by atoms with Gasteiger partial charge in [0.15, 0.2) is 0 Å². The first-order chi connectivity index (χ1) is 13.1. The molecule has 0 nitrogen and oxygen atoms in total. The molecule has 0 N–H and O–H groups in total. The zero-order valence-corrected chi connectivity index (χ0v) is 18.1. The average Bonchev–Trinajstić information content (AvgIpc) is 2.70. The quantitative estimate of drug-likeness (QED) is 0.216. The fraction of sp³-hybridized carbons (Fsp3) is 0.231. The Labute approximate surface area is 173 Å². The van der Waals surface area contributed by atoms with Crippen molar-refractivity contribution < 1.29 is 0 Å². The van der Waals surface area contributed by atoms with Gasteiger partial charge >= 0.3 is 0 Å². The topological polar surface area (TPSA) is 0 Å². The summed E-state index contributed by atoms with van der Waals surface area (Å²) in [4.78, 5) is 0. The predicted octanol–water partition coefficient (Wildman–Crippen LogP) is 8.59. The molecular weight excluding hydrogens is 392 g/mol. The molecule has 0 spiro atoms. The number of hydrogen-bond donors (Lipinski definition) is 0. The second-order valence-corrected chi connectivity index (χ2v) is 7.68. The highest BCUT2D eigenvalue weighted by Crippen LogP contribution is 2.40. The molecule has 1 heteroatoms. The molecule has 0 amide bonds. The maximum absolute atomic E-state index is 4.13. The average molecular weight is 421 g/mol. The Hall–Kier alpha value is -2.12. The summed E-state index contributed by atoms with van der Waals surface area (Å²) in [6, 6.07) is 21.4. The number of hydrogen-bond acceptors (Lipinski definition) is 0. The highest BCUT2D eigenvalue weighted by Gasteiger charge is 2.17. The second kappa shape index (κ2) is 10.9. The van der Waals surface area contributed by atoms with E-state index in [4.69, 9.17) is 0 Å². The number of halogens is 1. The minimum atomic E-state index is 0.794. The van der Waals surface area contributed by atoms with E-state index in [9.17, 15) is 0 Å². The van der Waals surface area contributed by atoms with Gasteiger partial charge in [0.1, 0.15) is 0 Å². The third-order valence-corrected chi connectivity index (χ3v) is 5.04. The minimum absolute atomic E-state index is 0.794. The fourth-order valence-electron chi connectivity index (χ4n) is 3.56. The van der Waals surface area contributed by atoms with Crippen molar-refractivity contribution in [3.8, 4) is 0 Å². The van der Waals surface area contributed by atoms with Crippen LogP contribution in [0, 0.1) is 0 Å². The van der Waals surface area contributed by atoms with Gasteiger partial charge in [-0.2, -0.15) is 0 Å². The molecule has 0 fully saturated rings. The highest BCUT2D eigenvalue weighted by molar-refractivity contribution is 9.11. The van der Waals surface area contributed by atoms with Crippen molar-refractivity contribution in [2.24, 2.45) is 0 Å². The van der Waals surface area contributed by atoms with Gasteiger partial charge in [-0.15, -0.1) is 6.58 Å². The molecule has 2 rings (SSSR count). The van der Waals surface area contributed by atoms with E-state index in [0.29, 0.717) is 0 Å². The Morgan fingerprint density at radius 1 is 0.889 bits per heavy atom. The predicted molar refractivity (Wildman–Crippen MR) is 125 cm³/mol. The van der Waals surface area contributed by atoms with Crippen molar-refractivity contribution in [3.63, 3.8) is 0 Å². The van der Waals surface area contributed by atoms with Crippen LogP contribution in [0.2, 0.25) is 0 Å². The van der Waals surface area contributed by atoms with Gasteiger partial charge in [0.2, 0.25) is 0 Å². The molecule has 2 aromatic rings. The van der Waals surface area contributed by atoms with E-state index in [-0.39, 0.29) is 0 Å². The summed E-state index contributed by atoms with van der Waals surface area (Å²) in [5, 5.41) is 0. The summed E-state index contributed by atoms with van der Waals surface area (Å²) in [7, 11) is 0. The van der Waals surface area contributed by atoms with Crippen molar-refractivity contribution in [2.75, 3.05) is 0 Å². The lowest BCUT2D eigenvalue weighted by Gasteiger charge is -2.22. The molecule has 0 aromatic heterocycles. The Bertz CT molecular complexity index is 823. The monoisotopic (exact) mass is 420 g/mol. The van der Waals surface area contributed by atoms with Gasteiger partial charge in [0.05, 0.1) is 0 Å². The van der Waals surface area contributed by atoms with Crippen LogP contribution in [-0.2, 0) is 0 Å². The van der Waals surface area contributed by atoms with Crippen LogP contribution in [-0.4, -0.2) is 0 Å². The largest absolute Gasteiger partial charge is 0.103 e. The van der Waals surface area contributed by atoms with Crippen molar-refractivity contribution in [2.45, 2.75) is 39.5 Å². The molecule has 0 aliphatic carbocycles. The molecule has 0 aliphatic heterocycles. The first-order valence-corrected chi connectivity index (χ1v) is 10.4. The van der Waals surface area contributed by atoms with E-state index in [1.807, 2.05) is 6.08 Å². The molecule has 0 atom stereocenters. The SMILES string of the molecule is C=CC/C(CC)=C(CC)/C(=C(\CC(=C)Br)c1ccccc1)c1ccccc1. The van der Waals surface area contributed by atoms with Gasteiger partial charge in [0, 0.05) is 6.42 Å². The molecule has 0 saturated carbocycles. The van der Waals surface area contributed by atoms with Crippen LogP contribution < -0.4 is 0 Å². The zero-order valence-electron chi connectivity index (χ0n) is 16.5. The summed E-state index contributed by atoms with van der Waals surface area (Å²) in [6.45, 7) is 12.6. The van der Waals surface area contributed by atoms with Crippen LogP contribution in [0.5, 0.6) is 0 Å². The van der Waals surface area contributed by atoms with Gasteiger partial charge in [-0.1, -0.05) is 109 Å². The molecule has 0 saturated heterocycles.